The lowest BCUT2D eigenvalue weighted by Gasteiger charge is -2.27. The molecule has 0 saturated carbocycles. The molecule has 3 nitrogen and oxygen atoms in total. The Hall–Kier alpha value is -0.120. The molecular weight excluding hydrogens is 116 g/mol. The molecule has 0 aromatic carbocycles. The molecule has 0 bridgehead atoms. The van der Waals surface area contributed by atoms with E-state index in [2.05, 4.69) is 12.2 Å². The third kappa shape index (κ3) is 1.93. The van der Waals surface area contributed by atoms with Crippen LogP contribution in [-0.4, -0.2) is 31.8 Å². The quantitative estimate of drug-likeness (QED) is 0.494. The molecule has 3 heteroatoms. The maximum atomic E-state index is 5.45. The van der Waals surface area contributed by atoms with Crippen LogP contribution in [0.1, 0.15) is 6.92 Å². The highest BCUT2D eigenvalue weighted by molar-refractivity contribution is 4.71. The lowest BCUT2D eigenvalue weighted by molar-refractivity contribution is -0.0217. The maximum absolute atomic E-state index is 5.45. The highest BCUT2D eigenvalue weighted by Crippen LogP contribution is 2.00. The van der Waals surface area contributed by atoms with E-state index in [1.807, 2.05) is 0 Å². The Morgan fingerprint density at radius 2 is 2.44 bits per heavy atom. The third-order valence-corrected chi connectivity index (χ3v) is 1.49. The molecule has 0 aromatic rings. The van der Waals surface area contributed by atoms with Gasteiger partial charge < -0.3 is 15.8 Å². The van der Waals surface area contributed by atoms with E-state index in [0.29, 0.717) is 12.6 Å². The van der Waals surface area contributed by atoms with Gasteiger partial charge in [-0.3, -0.25) is 0 Å². The Bertz CT molecular complexity index is 87.1. The predicted octanol–water partition coefficient (Wildman–Crippen LogP) is -0.678. The number of rotatable bonds is 1. The van der Waals surface area contributed by atoms with Gasteiger partial charge in [0.15, 0.2) is 0 Å². The molecule has 1 aliphatic rings. The van der Waals surface area contributed by atoms with Gasteiger partial charge in [0.05, 0.1) is 12.2 Å². The van der Waals surface area contributed by atoms with Crippen molar-refractivity contribution in [3.05, 3.63) is 0 Å². The van der Waals surface area contributed by atoms with Crippen LogP contribution in [0.5, 0.6) is 0 Å². The number of ether oxygens (including phenoxy) is 1. The molecule has 1 rings (SSSR count). The minimum absolute atomic E-state index is 0.230. The van der Waals surface area contributed by atoms with Crippen molar-refractivity contribution < 1.29 is 4.74 Å². The maximum Gasteiger partial charge on any atom is 0.0825 e. The van der Waals surface area contributed by atoms with Gasteiger partial charge in [-0.1, -0.05) is 0 Å². The first-order chi connectivity index (χ1) is 4.33. The van der Waals surface area contributed by atoms with Crippen molar-refractivity contribution in [3.63, 3.8) is 0 Å². The van der Waals surface area contributed by atoms with E-state index in [-0.39, 0.29) is 6.10 Å². The van der Waals surface area contributed by atoms with Crippen LogP contribution < -0.4 is 11.1 Å². The monoisotopic (exact) mass is 130 g/mol. The third-order valence-electron chi connectivity index (χ3n) is 1.49. The number of hydrogen-bond acceptors (Lipinski definition) is 3. The molecule has 9 heavy (non-hydrogen) atoms. The molecule has 0 radical (unpaired) electrons. The second-order valence-electron chi connectivity index (χ2n) is 2.46. The highest BCUT2D eigenvalue weighted by Gasteiger charge is 2.16. The topological polar surface area (TPSA) is 47.3 Å². The van der Waals surface area contributed by atoms with Crippen molar-refractivity contribution in [1.29, 1.82) is 0 Å². The summed E-state index contributed by atoms with van der Waals surface area (Å²) in [7, 11) is 0. The van der Waals surface area contributed by atoms with E-state index in [0.717, 1.165) is 13.1 Å². The van der Waals surface area contributed by atoms with E-state index in [4.69, 9.17) is 10.5 Å². The summed E-state index contributed by atoms with van der Waals surface area (Å²) in [5.74, 6) is 0. The second kappa shape index (κ2) is 3.15. The summed E-state index contributed by atoms with van der Waals surface area (Å²) in [6, 6.07) is 0. The summed E-state index contributed by atoms with van der Waals surface area (Å²) in [4.78, 5) is 0. The van der Waals surface area contributed by atoms with Gasteiger partial charge in [-0.2, -0.15) is 0 Å². The van der Waals surface area contributed by atoms with Crippen molar-refractivity contribution in [2.24, 2.45) is 5.73 Å². The van der Waals surface area contributed by atoms with Gasteiger partial charge in [0, 0.05) is 19.6 Å². The lowest BCUT2D eigenvalue weighted by atomic mass is 10.2. The standard InChI is InChI=1S/C6H14N2O/c1-5-3-8-4-6(2-7)9-5/h5-6,8H,2-4,7H2,1H3/t5-,6+/m1/s1. The van der Waals surface area contributed by atoms with Crippen molar-refractivity contribution in [3.8, 4) is 0 Å². The average molecular weight is 130 g/mol. The first-order valence-corrected chi connectivity index (χ1v) is 3.39. The van der Waals surface area contributed by atoms with E-state index >= 15 is 0 Å². The van der Waals surface area contributed by atoms with Gasteiger partial charge in [-0.15, -0.1) is 0 Å². The Labute approximate surface area is 55.6 Å². The van der Waals surface area contributed by atoms with E-state index in [1.54, 1.807) is 0 Å². The number of nitrogens with one attached hydrogen (secondary N) is 1. The van der Waals surface area contributed by atoms with E-state index < -0.39 is 0 Å². The second-order valence-corrected chi connectivity index (χ2v) is 2.46. The summed E-state index contributed by atoms with van der Waals surface area (Å²) in [6.07, 6.45) is 0.557. The van der Waals surface area contributed by atoms with Gasteiger partial charge in [-0.05, 0) is 6.92 Å². The molecular formula is C6H14N2O. The van der Waals surface area contributed by atoms with Crippen molar-refractivity contribution >= 4 is 0 Å². The number of hydrogen-bond donors (Lipinski definition) is 2. The van der Waals surface area contributed by atoms with Crippen LogP contribution in [0, 0.1) is 0 Å². The minimum atomic E-state index is 0.230. The SMILES string of the molecule is C[C@@H]1CNC[C@H](CN)O1. The Morgan fingerprint density at radius 3 is 2.89 bits per heavy atom. The molecule has 0 unspecified atom stereocenters. The minimum Gasteiger partial charge on any atom is -0.371 e. The summed E-state index contributed by atoms with van der Waals surface area (Å²) in [6.45, 7) is 4.53. The van der Waals surface area contributed by atoms with E-state index in [9.17, 15) is 0 Å². The van der Waals surface area contributed by atoms with E-state index in [1.165, 1.54) is 0 Å². The summed E-state index contributed by atoms with van der Waals surface area (Å²) in [5, 5.41) is 3.23. The largest absolute Gasteiger partial charge is 0.371 e. The van der Waals surface area contributed by atoms with Gasteiger partial charge in [0.1, 0.15) is 0 Å². The van der Waals surface area contributed by atoms with Crippen LogP contribution in [-0.2, 0) is 4.74 Å². The highest BCUT2D eigenvalue weighted by atomic mass is 16.5. The summed E-state index contributed by atoms with van der Waals surface area (Å²) < 4.78 is 5.45. The van der Waals surface area contributed by atoms with Gasteiger partial charge >= 0.3 is 0 Å². The first kappa shape index (κ1) is 6.99. The Kier molecular flexibility index (Phi) is 2.45. The average Bonchev–Trinajstić information content (AvgIpc) is 1.88. The van der Waals surface area contributed by atoms with Crippen LogP contribution in [0.15, 0.2) is 0 Å². The zero-order valence-electron chi connectivity index (χ0n) is 5.76. The predicted molar refractivity (Wildman–Crippen MR) is 36.3 cm³/mol. The molecule has 1 heterocycles. The fraction of sp³-hybridized carbons (Fsp3) is 1.00. The van der Waals surface area contributed by atoms with Crippen LogP contribution in [0.3, 0.4) is 0 Å². The molecule has 0 aromatic heterocycles. The molecule has 1 aliphatic heterocycles. The van der Waals surface area contributed by atoms with Crippen molar-refractivity contribution in [1.82, 2.24) is 5.32 Å². The zero-order chi connectivity index (χ0) is 6.69. The fourth-order valence-electron chi connectivity index (χ4n) is 1.01. The normalized spacial score (nSPS) is 36.7. The molecule has 2 atom stereocenters. The molecule has 1 saturated heterocycles. The van der Waals surface area contributed by atoms with Crippen LogP contribution in [0.25, 0.3) is 0 Å². The number of nitrogens with two attached hydrogens (primary N) is 1. The van der Waals surface area contributed by atoms with Gasteiger partial charge in [-0.25, -0.2) is 0 Å². The van der Waals surface area contributed by atoms with Gasteiger partial charge in [0.25, 0.3) is 0 Å². The molecule has 0 aliphatic carbocycles. The van der Waals surface area contributed by atoms with Crippen molar-refractivity contribution in [2.45, 2.75) is 19.1 Å². The molecule has 0 amide bonds. The summed E-state index contributed by atoms with van der Waals surface area (Å²) in [5.41, 5.74) is 5.40. The smallest absolute Gasteiger partial charge is 0.0825 e. The van der Waals surface area contributed by atoms with Crippen molar-refractivity contribution in [2.75, 3.05) is 19.6 Å². The molecule has 0 spiro atoms. The van der Waals surface area contributed by atoms with Crippen LogP contribution in [0.4, 0.5) is 0 Å². The molecule has 1 fully saturated rings. The van der Waals surface area contributed by atoms with Crippen LogP contribution >= 0.6 is 0 Å². The fourth-order valence-corrected chi connectivity index (χ4v) is 1.01. The Balaban J connectivity index is 2.23. The first-order valence-electron chi connectivity index (χ1n) is 3.39. The van der Waals surface area contributed by atoms with Gasteiger partial charge in [0.2, 0.25) is 0 Å². The summed E-state index contributed by atoms with van der Waals surface area (Å²) >= 11 is 0. The Morgan fingerprint density at radius 1 is 1.67 bits per heavy atom. The zero-order valence-corrected chi connectivity index (χ0v) is 5.76. The number of morpholine rings is 1. The molecule has 3 N–H and O–H groups in total. The molecule has 54 valence electrons. The van der Waals surface area contributed by atoms with Crippen LogP contribution in [0.2, 0.25) is 0 Å². The lowest BCUT2D eigenvalue weighted by Crippen LogP contribution is -2.46.